The molecule has 0 spiro atoms. The highest BCUT2D eigenvalue weighted by molar-refractivity contribution is 6.03. The van der Waals surface area contributed by atoms with Crippen molar-refractivity contribution in [1.29, 1.82) is 0 Å². The number of esters is 1. The number of halogens is 1. The number of imide groups is 1. The Kier molecular flexibility index (Phi) is 16.0. The molecule has 3 aliphatic rings. The predicted molar refractivity (Wildman–Crippen MR) is 242 cm³/mol. The first-order chi connectivity index (χ1) is 31.8. The van der Waals surface area contributed by atoms with Crippen LogP contribution in [0.5, 0.6) is 0 Å². The summed E-state index contributed by atoms with van der Waals surface area (Å²) in [6.45, 7) is 12.0. The molecule has 0 bridgehead atoms. The molecular weight excluding hydrogens is 870 g/mol. The van der Waals surface area contributed by atoms with Gasteiger partial charge in [-0.2, -0.15) is 0 Å². The molecular formula is C48H62FN7O11. The largest absolute Gasteiger partial charge is 0.458 e. The molecule has 1 fully saturated rings. The highest BCUT2D eigenvalue weighted by atomic mass is 19.1. The number of aliphatic hydroxyl groups is 1. The number of rotatable bonds is 21. The van der Waals surface area contributed by atoms with Gasteiger partial charge in [0, 0.05) is 54.5 Å². The van der Waals surface area contributed by atoms with Crippen LogP contribution < -0.4 is 26.8 Å². The number of carbonyl (C=O) groups excluding carboxylic acids is 7. The Morgan fingerprint density at radius 2 is 1.69 bits per heavy atom. The minimum atomic E-state index is -1.96. The Hall–Kier alpha value is -6.08. The number of cyclic esters (lactones) is 1. The molecule has 5 N–H and O–H groups in total. The van der Waals surface area contributed by atoms with Gasteiger partial charge in [-0.3, -0.25) is 38.5 Å². The van der Waals surface area contributed by atoms with E-state index in [4.69, 9.17) is 14.5 Å². The molecule has 6 rings (SSSR count). The smallest absolute Gasteiger partial charge is 0.343 e. The number of hydrogen-bond donors (Lipinski definition) is 5. The summed E-state index contributed by atoms with van der Waals surface area (Å²) in [5.74, 6) is -4.24. The number of fused-ring (bicyclic) bond motifs is 5. The summed E-state index contributed by atoms with van der Waals surface area (Å²) in [7, 11) is 0. The summed E-state index contributed by atoms with van der Waals surface area (Å²) >= 11 is 0. The molecule has 18 nitrogen and oxygen atoms in total. The summed E-state index contributed by atoms with van der Waals surface area (Å²) in [6.07, 6.45) is 3.77. The monoisotopic (exact) mass is 931 g/mol. The zero-order chi connectivity index (χ0) is 48.9. The van der Waals surface area contributed by atoms with Crippen molar-refractivity contribution >= 4 is 52.3 Å². The number of likely N-dealkylation sites (tertiary alicyclic amines) is 1. The Bertz CT molecular complexity index is 2530. The third-order valence-electron chi connectivity index (χ3n) is 13.0. The number of nitrogens with zero attached hydrogens (tertiary/aromatic N) is 3. The van der Waals surface area contributed by atoms with Crippen molar-refractivity contribution in [2.24, 2.45) is 11.8 Å². The zero-order valence-corrected chi connectivity index (χ0v) is 39.3. The maximum absolute atomic E-state index is 15.3. The molecule has 362 valence electrons. The van der Waals surface area contributed by atoms with Crippen molar-refractivity contribution in [2.75, 3.05) is 19.9 Å². The number of aromatic nitrogens is 2. The van der Waals surface area contributed by atoms with E-state index in [1.54, 1.807) is 40.7 Å². The van der Waals surface area contributed by atoms with Crippen molar-refractivity contribution in [2.45, 2.75) is 143 Å². The van der Waals surface area contributed by atoms with E-state index in [1.807, 2.05) is 6.07 Å². The third-order valence-corrected chi connectivity index (χ3v) is 13.0. The van der Waals surface area contributed by atoms with E-state index in [9.17, 15) is 43.5 Å². The number of pyridine rings is 2. The molecule has 1 unspecified atom stereocenters. The zero-order valence-electron chi connectivity index (χ0n) is 39.3. The minimum Gasteiger partial charge on any atom is -0.458 e. The predicted octanol–water partition coefficient (Wildman–Crippen LogP) is 3.05. The normalized spacial score (nSPS) is 18.8. The Labute approximate surface area is 388 Å². The van der Waals surface area contributed by atoms with Crippen LogP contribution in [-0.2, 0) is 68.2 Å². The number of carbonyl (C=O) groups is 7. The molecule has 1 aromatic carbocycles. The van der Waals surface area contributed by atoms with E-state index in [-0.39, 0.29) is 92.0 Å². The number of hydrogen-bond acceptors (Lipinski definition) is 12. The van der Waals surface area contributed by atoms with E-state index in [1.165, 1.54) is 29.4 Å². The maximum atomic E-state index is 15.3. The van der Waals surface area contributed by atoms with Gasteiger partial charge in [0.2, 0.25) is 35.4 Å². The molecule has 2 aromatic heterocycles. The van der Waals surface area contributed by atoms with E-state index < -0.39 is 53.2 Å². The summed E-state index contributed by atoms with van der Waals surface area (Å²) in [5, 5.41) is 22.5. The van der Waals surface area contributed by atoms with Crippen LogP contribution in [0.25, 0.3) is 22.3 Å². The van der Waals surface area contributed by atoms with E-state index in [0.29, 0.717) is 67.5 Å². The van der Waals surface area contributed by atoms with Gasteiger partial charge >= 0.3 is 5.97 Å². The SMILES string of the molecule is CC[C@@]1(O)C(=O)OCc2c1cc1n(c2=O)Cc2cc3c(CCCCOCNC(=O)[C@H](C)NC(=O)[C@@H](NC(=O)[C@H](C)NC(=O)CCCCCN4C(=O)CC(C)C4=O)C(C)C)c(C)c(F)cc3nc2-1. The fourth-order valence-corrected chi connectivity index (χ4v) is 8.81. The first-order valence-corrected chi connectivity index (χ1v) is 23.2. The highest BCUT2D eigenvalue weighted by Crippen LogP contribution is 2.39. The summed E-state index contributed by atoms with van der Waals surface area (Å²) < 4.78 is 27.7. The van der Waals surface area contributed by atoms with Crippen LogP contribution in [-0.4, -0.2) is 99.0 Å². The topological polar surface area (TPSA) is 244 Å². The van der Waals surface area contributed by atoms with Gasteiger partial charge < -0.3 is 40.4 Å². The molecule has 19 heteroatoms. The molecule has 5 heterocycles. The lowest BCUT2D eigenvalue weighted by Gasteiger charge is -2.31. The van der Waals surface area contributed by atoms with Gasteiger partial charge in [-0.1, -0.05) is 34.1 Å². The van der Waals surface area contributed by atoms with Gasteiger partial charge in [0.1, 0.15) is 37.3 Å². The van der Waals surface area contributed by atoms with Gasteiger partial charge in [0.05, 0.1) is 29.0 Å². The first kappa shape index (κ1) is 50.3. The average Bonchev–Trinajstić information content (AvgIpc) is 3.76. The standard InChI is InChI=1S/C48H62FN7O11/c1-8-48(65)34-20-37-41-30(22-56(37)46(63)33(34)23-67-47(48)64)19-32-31(27(5)35(49)21-36(32)53-41)14-11-13-17-66-24-50-42(59)28(6)52-44(61)40(25(2)3)54-43(60)29(7)51-38(57)15-10-9-12-16-55-39(58)18-26(4)45(55)62/h19-21,25-26,28-29,40,65H,8-18,22-24H2,1-7H3,(H,50,59)(H,51,57)(H,52,61)(H,54,60)/t26?,28-,29-,40-,48-/m0/s1. The number of benzene rings is 1. The second kappa shape index (κ2) is 21.3. The number of aryl methyl sites for hydroxylation is 1. The van der Waals surface area contributed by atoms with E-state index >= 15 is 4.39 Å². The quantitative estimate of drug-likeness (QED) is 0.0351. The van der Waals surface area contributed by atoms with Crippen LogP contribution in [0.3, 0.4) is 0 Å². The lowest BCUT2D eigenvalue weighted by Crippen LogP contribution is -2.57. The van der Waals surface area contributed by atoms with Gasteiger partial charge in [-0.05, 0) is 88.5 Å². The maximum Gasteiger partial charge on any atom is 0.343 e. The number of ether oxygens (including phenoxy) is 2. The molecule has 6 amide bonds. The van der Waals surface area contributed by atoms with Gasteiger partial charge in [0.15, 0.2) is 5.60 Å². The summed E-state index contributed by atoms with van der Waals surface area (Å²) in [4.78, 5) is 108. The molecule has 0 saturated carbocycles. The average molecular weight is 932 g/mol. The molecule has 0 aliphatic carbocycles. The van der Waals surface area contributed by atoms with Crippen molar-refractivity contribution in [1.82, 2.24) is 35.7 Å². The van der Waals surface area contributed by atoms with Crippen LogP contribution in [0.2, 0.25) is 0 Å². The lowest BCUT2D eigenvalue weighted by molar-refractivity contribution is -0.172. The Morgan fingerprint density at radius 1 is 0.955 bits per heavy atom. The minimum absolute atomic E-state index is 0.0165. The third kappa shape index (κ3) is 10.9. The first-order valence-electron chi connectivity index (χ1n) is 23.2. The molecule has 1 saturated heterocycles. The van der Waals surface area contributed by atoms with Crippen LogP contribution in [0.1, 0.15) is 121 Å². The second-order valence-electron chi connectivity index (χ2n) is 18.2. The summed E-state index contributed by atoms with van der Waals surface area (Å²) in [6, 6.07) is 2.00. The summed E-state index contributed by atoms with van der Waals surface area (Å²) in [5.41, 5.74) is 1.41. The van der Waals surface area contributed by atoms with Crippen molar-refractivity contribution in [3.8, 4) is 11.4 Å². The molecule has 67 heavy (non-hydrogen) atoms. The van der Waals surface area contributed by atoms with Gasteiger partial charge in [-0.15, -0.1) is 0 Å². The number of amides is 6. The van der Waals surface area contributed by atoms with Gasteiger partial charge in [-0.25, -0.2) is 14.2 Å². The van der Waals surface area contributed by atoms with Crippen LogP contribution in [0.4, 0.5) is 4.39 Å². The van der Waals surface area contributed by atoms with E-state index in [2.05, 4.69) is 21.3 Å². The van der Waals surface area contributed by atoms with Crippen molar-refractivity contribution in [3.05, 3.63) is 62.2 Å². The van der Waals surface area contributed by atoms with Crippen LogP contribution in [0, 0.1) is 24.6 Å². The van der Waals surface area contributed by atoms with Crippen molar-refractivity contribution < 1.29 is 52.5 Å². The lowest BCUT2D eigenvalue weighted by atomic mass is 9.86. The molecule has 3 aliphatic heterocycles. The molecule has 0 radical (unpaired) electrons. The van der Waals surface area contributed by atoms with Gasteiger partial charge in [0.25, 0.3) is 5.56 Å². The Balaban J connectivity index is 0.923. The highest BCUT2D eigenvalue weighted by Gasteiger charge is 2.45. The van der Waals surface area contributed by atoms with E-state index in [0.717, 1.165) is 16.5 Å². The number of unbranched alkanes of at least 4 members (excludes halogenated alkanes) is 3. The fraction of sp³-hybridized carbons (Fsp3) is 0.562. The van der Waals surface area contributed by atoms with Crippen molar-refractivity contribution in [3.63, 3.8) is 0 Å². The molecule has 5 atom stereocenters. The number of nitrogens with one attached hydrogen (secondary N) is 4. The van der Waals surface area contributed by atoms with Crippen LogP contribution in [0.15, 0.2) is 23.0 Å². The second-order valence-corrected chi connectivity index (χ2v) is 18.2. The molecule has 3 aromatic rings. The Morgan fingerprint density at radius 3 is 2.37 bits per heavy atom. The van der Waals surface area contributed by atoms with Crippen LogP contribution >= 0.6 is 0 Å². The fourth-order valence-electron chi connectivity index (χ4n) is 8.81.